The van der Waals surface area contributed by atoms with Crippen LogP contribution in [0.2, 0.25) is 0 Å². The molecule has 4 rings (SSSR count). The number of nitrogens with zero attached hydrogens (tertiary/aromatic N) is 2. The van der Waals surface area contributed by atoms with Gasteiger partial charge in [-0.2, -0.15) is 5.10 Å². The van der Waals surface area contributed by atoms with Crippen LogP contribution in [0.15, 0.2) is 42.5 Å². The third kappa shape index (κ3) is 4.21. The lowest BCUT2D eigenvalue weighted by molar-refractivity contribution is 0.0538. The Balaban J connectivity index is 2.38. The van der Waals surface area contributed by atoms with Crippen molar-refractivity contribution in [3.8, 4) is 16.9 Å². The highest BCUT2D eigenvalue weighted by Gasteiger charge is 2.43. The molecule has 0 N–H and O–H groups in total. The molecule has 0 aromatic heterocycles. The predicted molar refractivity (Wildman–Crippen MR) is 134 cm³/mol. The van der Waals surface area contributed by atoms with Gasteiger partial charge in [-0.25, -0.2) is 28.7 Å². The number of hydrogen-bond acceptors (Lipinski definition) is 11. The summed E-state index contributed by atoms with van der Waals surface area (Å²) < 4.78 is 25.7. The molecule has 1 aliphatic heterocycles. The molecule has 39 heavy (non-hydrogen) atoms. The molecule has 0 fully saturated rings. The lowest BCUT2D eigenvalue weighted by Crippen LogP contribution is -2.24. The maximum Gasteiger partial charge on any atom is 0.357 e. The van der Waals surface area contributed by atoms with E-state index in [2.05, 4.69) is 5.10 Å². The number of benzene rings is 2. The first-order chi connectivity index (χ1) is 18.7. The van der Waals surface area contributed by atoms with Crippen molar-refractivity contribution in [1.29, 1.82) is 0 Å². The van der Waals surface area contributed by atoms with Gasteiger partial charge in [0.2, 0.25) is 0 Å². The number of methoxy groups -OCH3 is 5. The van der Waals surface area contributed by atoms with Crippen molar-refractivity contribution in [2.45, 2.75) is 0 Å². The van der Waals surface area contributed by atoms with Gasteiger partial charge in [0.1, 0.15) is 16.8 Å². The number of carbonyl (C=O) groups is 5. The Kier molecular flexibility index (Phi) is 7.29. The highest BCUT2D eigenvalue weighted by atomic mass is 16.5. The second-order valence-corrected chi connectivity index (χ2v) is 7.94. The van der Waals surface area contributed by atoms with Crippen LogP contribution >= 0.6 is 0 Å². The van der Waals surface area contributed by atoms with E-state index in [0.717, 1.165) is 45.6 Å². The van der Waals surface area contributed by atoms with Gasteiger partial charge in [0.15, 0.2) is 5.69 Å². The molecule has 0 atom stereocenters. The van der Waals surface area contributed by atoms with Crippen LogP contribution in [0.4, 0.5) is 0 Å². The minimum atomic E-state index is -1.11. The van der Waals surface area contributed by atoms with Crippen LogP contribution in [0, 0.1) is 0 Å². The summed E-state index contributed by atoms with van der Waals surface area (Å²) in [5.41, 5.74) is -2.86. The largest absolute Gasteiger partial charge is 0.465 e. The smallest absolute Gasteiger partial charge is 0.357 e. The van der Waals surface area contributed by atoms with Crippen molar-refractivity contribution in [3.05, 3.63) is 70.4 Å². The van der Waals surface area contributed by atoms with E-state index >= 15 is 0 Å². The maximum atomic E-state index is 13.3. The van der Waals surface area contributed by atoms with Gasteiger partial charge >= 0.3 is 29.8 Å². The minimum Gasteiger partial charge on any atom is -0.465 e. The SMILES string of the molecule is COC(=O)c1c2nn(-c3cccc4ccccc34)c(C(=O)OC)c(C(=O)OC)c-2c(C(=O)OC)c1C(=O)OC. The summed E-state index contributed by atoms with van der Waals surface area (Å²) in [7, 11) is 5.27. The molecule has 12 nitrogen and oxygen atoms in total. The van der Waals surface area contributed by atoms with Crippen LogP contribution in [-0.4, -0.2) is 75.2 Å². The van der Waals surface area contributed by atoms with Crippen molar-refractivity contribution in [2.75, 3.05) is 35.5 Å². The highest BCUT2D eigenvalue weighted by molar-refractivity contribution is 6.22. The van der Waals surface area contributed by atoms with Gasteiger partial charge in [0, 0.05) is 10.9 Å². The van der Waals surface area contributed by atoms with Crippen molar-refractivity contribution < 1.29 is 47.7 Å². The number of ether oxygens (including phenoxy) is 5. The first-order valence-corrected chi connectivity index (χ1v) is 11.3. The number of hydrogen-bond donors (Lipinski definition) is 0. The van der Waals surface area contributed by atoms with Crippen molar-refractivity contribution >= 4 is 40.6 Å². The van der Waals surface area contributed by atoms with Crippen LogP contribution in [-0.2, 0) is 23.7 Å². The fourth-order valence-electron chi connectivity index (χ4n) is 4.40. The molecule has 0 spiro atoms. The normalized spacial score (nSPS) is 10.7. The fraction of sp³-hybridized carbons (Fsp3) is 0.185. The summed E-state index contributed by atoms with van der Waals surface area (Å²) in [6, 6.07) is 12.3. The second kappa shape index (κ2) is 10.6. The lowest BCUT2D eigenvalue weighted by atomic mass is 9.99. The molecule has 0 saturated heterocycles. The van der Waals surface area contributed by atoms with Crippen molar-refractivity contribution in [3.63, 3.8) is 0 Å². The molecular formula is C27H22N2O10. The van der Waals surface area contributed by atoms with Crippen LogP contribution in [0.1, 0.15) is 51.9 Å². The van der Waals surface area contributed by atoms with Gasteiger partial charge < -0.3 is 23.7 Å². The van der Waals surface area contributed by atoms with Crippen LogP contribution in [0.25, 0.3) is 27.7 Å². The summed E-state index contributed by atoms with van der Waals surface area (Å²) >= 11 is 0. The zero-order valence-corrected chi connectivity index (χ0v) is 21.5. The number of rotatable bonds is 6. The van der Waals surface area contributed by atoms with E-state index in [4.69, 9.17) is 23.7 Å². The van der Waals surface area contributed by atoms with Crippen molar-refractivity contribution in [1.82, 2.24) is 9.78 Å². The zero-order valence-electron chi connectivity index (χ0n) is 21.5. The molecule has 2 aromatic carbocycles. The number of esters is 5. The zero-order chi connectivity index (χ0) is 28.4. The van der Waals surface area contributed by atoms with E-state index < -0.39 is 57.8 Å². The topological polar surface area (TPSA) is 149 Å². The molecule has 0 saturated carbocycles. The summed E-state index contributed by atoms with van der Waals surface area (Å²) in [6.07, 6.45) is 0. The molecule has 2 aromatic rings. The molecule has 12 heteroatoms. The molecule has 0 bridgehead atoms. The third-order valence-corrected chi connectivity index (χ3v) is 6.05. The van der Waals surface area contributed by atoms with Gasteiger partial charge in [-0.05, 0) is 11.5 Å². The standard InChI is InChI=1S/C27H22N2O10/c1-35-23(30)17-16-20(26(33)38-4)22(27(34)39-5)29(15-12-8-10-13-9-6-7-11-14(13)15)28-21(16)19(25(32)37-3)18(17)24(31)36-2/h6-12H,1-5H3. The van der Waals surface area contributed by atoms with Crippen LogP contribution in [0.3, 0.4) is 0 Å². The second-order valence-electron chi connectivity index (χ2n) is 7.94. The van der Waals surface area contributed by atoms with E-state index in [0.29, 0.717) is 11.1 Å². The summed E-state index contributed by atoms with van der Waals surface area (Å²) in [6.45, 7) is 0. The highest BCUT2D eigenvalue weighted by Crippen LogP contribution is 2.42. The minimum absolute atomic E-state index is 0.316. The van der Waals surface area contributed by atoms with Gasteiger partial charge in [0.25, 0.3) is 0 Å². The Labute approximate surface area is 221 Å². The lowest BCUT2D eigenvalue weighted by Gasteiger charge is -2.20. The van der Waals surface area contributed by atoms with Gasteiger partial charge in [-0.3, -0.25) is 0 Å². The first kappa shape index (κ1) is 26.8. The quantitative estimate of drug-likeness (QED) is 0.265. The predicted octanol–water partition coefficient (Wildman–Crippen LogP) is 3.06. The van der Waals surface area contributed by atoms with Gasteiger partial charge in [-0.1, -0.05) is 36.4 Å². The first-order valence-electron chi connectivity index (χ1n) is 11.3. The van der Waals surface area contributed by atoms with Crippen LogP contribution in [0.5, 0.6) is 0 Å². The molecule has 1 aliphatic carbocycles. The van der Waals surface area contributed by atoms with E-state index in [-0.39, 0.29) is 11.3 Å². The molecule has 0 amide bonds. The Morgan fingerprint density at radius 2 is 1.10 bits per heavy atom. The Hall–Kier alpha value is -5.26. The van der Waals surface area contributed by atoms with E-state index in [1.54, 1.807) is 24.3 Å². The van der Waals surface area contributed by atoms with E-state index in [1.807, 2.05) is 18.2 Å². The Morgan fingerprint density at radius 3 is 1.72 bits per heavy atom. The van der Waals surface area contributed by atoms with Gasteiger partial charge in [-0.15, -0.1) is 0 Å². The average molecular weight is 534 g/mol. The third-order valence-electron chi connectivity index (χ3n) is 6.05. The molecule has 0 unspecified atom stereocenters. The Bertz CT molecular complexity index is 1630. The average Bonchev–Trinajstić information content (AvgIpc) is 3.32. The molecule has 1 heterocycles. The maximum absolute atomic E-state index is 13.3. The monoisotopic (exact) mass is 534 g/mol. The summed E-state index contributed by atoms with van der Waals surface area (Å²) in [4.78, 5) is 65.6. The molecule has 2 aliphatic rings. The molecule has 200 valence electrons. The van der Waals surface area contributed by atoms with E-state index in [9.17, 15) is 24.0 Å². The van der Waals surface area contributed by atoms with E-state index in [1.165, 1.54) is 0 Å². The number of fused-ring (bicyclic) bond motifs is 2. The van der Waals surface area contributed by atoms with Crippen LogP contribution < -0.4 is 0 Å². The summed E-state index contributed by atoms with van der Waals surface area (Å²) in [5.74, 6) is -5.38. The van der Waals surface area contributed by atoms with Gasteiger partial charge in [0.05, 0.1) is 52.4 Å². The van der Waals surface area contributed by atoms with Crippen molar-refractivity contribution in [2.24, 2.45) is 0 Å². The molecule has 0 radical (unpaired) electrons. The number of aromatic nitrogens is 2. The Morgan fingerprint density at radius 1 is 0.590 bits per heavy atom. The molecular weight excluding hydrogens is 512 g/mol. The fourth-order valence-corrected chi connectivity index (χ4v) is 4.40. The summed E-state index contributed by atoms with van der Waals surface area (Å²) in [5, 5.41) is 5.90. The number of carbonyl (C=O) groups excluding carboxylic acids is 5.